The summed E-state index contributed by atoms with van der Waals surface area (Å²) >= 11 is 0. The van der Waals surface area contributed by atoms with Crippen molar-refractivity contribution >= 4 is 17.1 Å². The molecule has 2 nitrogen and oxygen atoms in total. The van der Waals surface area contributed by atoms with E-state index in [2.05, 4.69) is 78.4 Å². The van der Waals surface area contributed by atoms with Crippen LogP contribution in [0.2, 0.25) is 0 Å². The van der Waals surface area contributed by atoms with Gasteiger partial charge in [0.25, 0.3) is 0 Å². The summed E-state index contributed by atoms with van der Waals surface area (Å²) in [5.41, 5.74) is 6.88. The zero-order valence-corrected chi connectivity index (χ0v) is 12.3. The fourth-order valence-corrected chi connectivity index (χ4v) is 4.22. The van der Waals surface area contributed by atoms with E-state index in [-0.39, 0.29) is 0 Å². The highest BCUT2D eigenvalue weighted by atomic mass is 15.4. The topological polar surface area (TPSA) is 6.48 Å². The van der Waals surface area contributed by atoms with Crippen molar-refractivity contribution in [3.63, 3.8) is 0 Å². The van der Waals surface area contributed by atoms with E-state index in [1.165, 1.54) is 28.2 Å². The number of aryl methyl sites for hydroxylation is 1. The highest BCUT2D eigenvalue weighted by Crippen LogP contribution is 2.56. The number of rotatable bonds is 0. The number of hydrogen-bond donors (Lipinski definition) is 0. The standard InChI is InChI=1S/C19H18N2/c1-12-7-10-17-18(11-12)20(2)19-15-9-8-13(15)14-5-3-4-6-16(14)21(17)19/h3-11,13,15,19H,1-2H3. The molecule has 0 fully saturated rings. The fraction of sp³-hybridized carbons (Fsp3) is 0.263. The summed E-state index contributed by atoms with van der Waals surface area (Å²) in [6.45, 7) is 2.17. The Balaban J connectivity index is 1.79. The Morgan fingerprint density at radius 3 is 2.57 bits per heavy atom. The van der Waals surface area contributed by atoms with Crippen molar-refractivity contribution in [1.82, 2.24) is 0 Å². The van der Waals surface area contributed by atoms with Crippen LogP contribution in [0.15, 0.2) is 54.6 Å². The molecule has 0 bridgehead atoms. The van der Waals surface area contributed by atoms with E-state index >= 15 is 0 Å². The molecule has 2 aromatic carbocycles. The van der Waals surface area contributed by atoms with Crippen LogP contribution in [0, 0.1) is 12.8 Å². The summed E-state index contributed by atoms with van der Waals surface area (Å²) in [6.07, 6.45) is 5.17. The van der Waals surface area contributed by atoms with Crippen LogP contribution in [0.1, 0.15) is 17.0 Å². The van der Waals surface area contributed by atoms with Gasteiger partial charge in [0.2, 0.25) is 0 Å². The molecule has 2 aliphatic heterocycles. The van der Waals surface area contributed by atoms with Crippen LogP contribution in [0.25, 0.3) is 0 Å². The maximum Gasteiger partial charge on any atom is 0.113 e. The van der Waals surface area contributed by atoms with Gasteiger partial charge in [-0.2, -0.15) is 0 Å². The smallest absolute Gasteiger partial charge is 0.113 e. The predicted octanol–water partition coefficient (Wildman–Crippen LogP) is 4.19. The molecule has 2 heteroatoms. The van der Waals surface area contributed by atoms with Gasteiger partial charge >= 0.3 is 0 Å². The number of fused-ring (bicyclic) bond motifs is 8. The van der Waals surface area contributed by atoms with Crippen LogP contribution in [-0.2, 0) is 0 Å². The molecule has 2 heterocycles. The second kappa shape index (κ2) is 3.70. The molecule has 5 rings (SSSR count). The first kappa shape index (κ1) is 11.4. The lowest BCUT2D eigenvalue weighted by Crippen LogP contribution is -2.51. The van der Waals surface area contributed by atoms with Crippen LogP contribution >= 0.6 is 0 Å². The molecule has 1 aliphatic carbocycles. The number of para-hydroxylation sites is 1. The number of nitrogens with zero attached hydrogens (tertiary/aromatic N) is 2. The second-order valence-electron chi connectivity index (χ2n) is 6.43. The van der Waals surface area contributed by atoms with Gasteiger partial charge in [0.05, 0.1) is 11.4 Å². The van der Waals surface area contributed by atoms with E-state index in [0.717, 1.165) is 0 Å². The molecule has 0 aromatic heterocycles. The molecule has 104 valence electrons. The third-order valence-electron chi connectivity index (χ3n) is 5.29. The van der Waals surface area contributed by atoms with Gasteiger partial charge in [0.15, 0.2) is 0 Å². The van der Waals surface area contributed by atoms with Gasteiger partial charge in [-0.05, 0) is 36.2 Å². The van der Waals surface area contributed by atoms with E-state index in [4.69, 9.17) is 0 Å². The zero-order chi connectivity index (χ0) is 14.1. The zero-order valence-electron chi connectivity index (χ0n) is 12.3. The summed E-state index contributed by atoms with van der Waals surface area (Å²) in [4.78, 5) is 4.99. The van der Waals surface area contributed by atoms with Gasteiger partial charge in [-0.25, -0.2) is 0 Å². The van der Waals surface area contributed by atoms with Crippen LogP contribution in [0.4, 0.5) is 17.1 Å². The molecule has 0 amide bonds. The van der Waals surface area contributed by atoms with Crippen molar-refractivity contribution in [2.75, 3.05) is 16.8 Å². The van der Waals surface area contributed by atoms with E-state index in [9.17, 15) is 0 Å². The molecule has 0 spiro atoms. The minimum atomic E-state index is 0.423. The molecule has 0 N–H and O–H groups in total. The average molecular weight is 274 g/mol. The van der Waals surface area contributed by atoms with Crippen molar-refractivity contribution in [2.24, 2.45) is 5.92 Å². The van der Waals surface area contributed by atoms with Crippen molar-refractivity contribution < 1.29 is 0 Å². The van der Waals surface area contributed by atoms with Gasteiger partial charge in [-0.15, -0.1) is 0 Å². The average Bonchev–Trinajstić information content (AvgIpc) is 2.72. The quantitative estimate of drug-likeness (QED) is 0.665. The third kappa shape index (κ3) is 1.28. The monoisotopic (exact) mass is 274 g/mol. The Morgan fingerprint density at radius 2 is 1.76 bits per heavy atom. The molecule has 0 saturated heterocycles. The highest BCUT2D eigenvalue weighted by molar-refractivity contribution is 5.87. The van der Waals surface area contributed by atoms with Crippen LogP contribution < -0.4 is 9.80 Å². The Kier molecular flexibility index (Phi) is 2.02. The Bertz CT molecular complexity index is 777. The Hall–Kier alpha value is -2.22. The van der Waals surface area contributed by atoms with Crippen molar-refractivity contribution in [2.45, 2.75) is 19.0 Å². The molecular formula is C19H18N2. The van der Waals surface area contributed by atoms with Gasteiger partial charge < -0.3 is 9.80 Å². The summed E-state index contributed by atoms with van der Waals surface area (Å²) < 4.78 is 0. The lowest BCUT2D eigenvalue weighted by Gasteiger charge is -2.48. The predicted molar refractivity (Wildman–Crippen MR) is 87.3 cm³/mol. The van der Waals surface area contributed by atoms with Crippen LogP contribution in [0.3, 0.4) is 0 Å². The number of allylic oxidation sites excluding steroid dienone is 1. The lowest BCUT2D eigenvalue weighted by atomic mass is 9.72. The normalized spacial score (nSPS) is 27.6. The van der Waals surface area contributed by atoms with Crippen molar-refractivity contribution in [3.8, 4) is 0 Å². The summed E-state index contributed by atoms with van der Waals surface area (Å²) in [7, 11) is 2.24. The van der Waals surface area contributed by atoms with Crippen molar-refractivity contribution in [3.05, 3.63) is 65.7 Å². The molecule has 21 heavy (non-hydrogen) atoms. The summed E-state index contributed by atoms with van der Waals surface area (Å²) in [5, 5.41) is 0. The summed E-state index contributed by atoms with van der Waals surface area (Å²) in [5.74, 6) is 1.18. The van der Waals surface area contributed by atoms with Crippen molar-refractivity contribution in [1.29, 1.82) is 0 Å². The van der Waals surface area contributed by atoms with E-state index in [1.807, 2.05) is 0 Å². The Labute approximate surface area is 125 Å². The first-order valence-corrected chi connectivity index (χ1v) is 7.66. The van der Waals surface area contributed by atoms with Crippen LogP contribution in [0.5, 0.6) is 0 Å². The minimum Gasteiger partial charge on any atom is -0.352 e. The van der Waals surface area contributed by atoms with Gasteiger partial charge in [0, 0.05) is 24.6 Å². The first-order valence-electron chi connectivity index (χ1n) is 7.66. The number of benzene rings is 2. The summed E-state index contributed by atoms with van der Waals surface area (Å²) in [6, 6.07) is 15.7. The molecular weight excluding hydrogens is 256 g/mol. The number of anilines is 3. The molecule has 3 unspecified atom stereocenters. The van der Waals surface area contributed by atoms with Gasteiger partial charge in [0.1, 0.15) is 6.17 Å². The van der Waals surface area contributed by atoms with E-state index in [1.54, 1.807) is 0 Å². The Morgan fingerprint density at radius 1 is 0.905 bits per heavy atom. The minimum absolute atomic E-state index is 0.423. The van der Waals surface area contributed by atoms with E-state index in [0.29, 0.717) is 18.0 Å². The van der Waals surface area contributed by atoms with Gasteiger partial charge in [-0.3, -0.25) is 0 Å². The molecule has 3 atom stereocenters. The largest absolute Gasteiger partial charge is 0.352 e. The molecule has 0 radical (unpaired) electrons. The molecule has 2 aromatic rings. The maximum atomic E-state index is 2.54. The highest BCUT2D eigenvalue weighted by Gasteiger charge is 2.48. The third-order valence-corrected chi connectivity index (χ3v) is 5.29. The van der Waals surface area contributed by atoms with Gasteiger partial charge in [-0.1, -0.05) is 36.4 Å². The fourth-order valence-electron chi connectivity index (χ4n) is 4.22. The maximum absolute atomic E-state index is 2.54. The first-order chi connectivity index (χ1) is 10.3. The number of hydrogen-bond acceptors (Lipinski definition) is 2. The van der Waals surface area contributed by atoms with E-state index < -0.39 is 0 Å². The second-order valence-corrected chi connectivity index (χ2v) is 6.43. The SMILES string of the molecule is Cc1ccc2c(c1)N(C)C1C3C=CC3c3ccccc3N21. The molecule has 3 aliphatic rings. The van der Waals surface area contributed by atoms with Crippen LogP contribution in [-0.4, -0.2) is 13.2 Å². The lowest BCUT2D eigenvalue weighted by molar-refractivity contribution is 0.410. The molecule has 0 saturated carbocycles.